The van der Waals surface area contributed by atoms with Crippen LogP contribution in [0.1, 0.15) is 19.2 Å². The maximum Gasteiger partial charge on any atom is 0.156 e. The van der Waals surface area contributed by atoms with Gasteiger partial charge in [-0.25, -0.2) is 4.39 Å². The van der Waals surface area contributed by atoms with Crippen LogP contribution in [0, 0.1) is 5.82 Å². The zero-order valence-electron chi connectivity index (χ0n) is 8.69. The van der Waals surface area contributed by atoms with E-state index in [0.717, 1.165) is 23.1 Å². The fourth-order valence-corrected chi connectivity index (χ4v) is 1.84. The van der Waals surface area contributed by atoms with Gasteiger partial charge >= 0.3 is 0 Å². The molecule has 0 saturated carbocycles. The van der Waals surface area contributed by atoms with Gasteiger partial charge < -0.3 is 0 Å². The molecule has 2 rings (SSSR count). The molecule has 0 fully saturated rings. The molecule has 84 valence electrons. The van der Waals surface area contributed by atoms with Crippen molar-refractivity contribution in [2.75, 3.05) is 0 Å². The van der Waals surface area contributed by atoms with Crippen LogP contribution in [0.15, 0.2) is 22.7 Å². The Morgan fingerprint density at radius 1 is 1.44 bits per heavy atom. The van der Waals surface area contributed by atoms with E-state index >= 15 is 0 Å². The molecule has 0 saturated heterocycles. The molecule has 0 N–H and O–H groups in total. The molecule has 1 aromatic carbocycles. The zero-order chi connectivity index (χ0) is 11.5. The Hall–Kier alpha value is -1.30. The van der Waals surface area contributed by atoms with Gasteiger partial charge in [0.2, 0.25) is 0 Å². The number of aryl methyl sites for hydroxylation is 1. The SMILES string of the molecule is CCCc1nnnn1-c1cc(F)ccc1Br. The second-order valence-electron chi connectivity index (χ2n) is 3.35. The monoisotopic (exact) mass is 284 g/mol. The number of hydrogen-bond donors (Lipinski definition) is 0. The van der Waals surface area contributed by atoms with Crippen molar-refractivity contribution >= 4 is 15.9 Å². The van der Waals surface area contributed by atoms with Crippen molar-refractivity contribution < 1.29 is 4.39 Å². The normalized spacial score (nSPS) is 10.7. The average molecular weight is 285 g/mol. The zero-order valence-corrected chi connectivity index (χ0v) is 10.3. The Morgan fingerprint density at radius 3 is 3.00 bits per heavy atom. The van der Waals surface area contributed by atoms with Gasteiger partial charge in [-0.2, -0.15) is 4.68 Å². The smallest absolute Gasteiger partial charge is 0.156 e. The molecule has 1 aromatic heterocycles. The second-order valence-corrected chi connectivity index (χ2v) is 4.21. The third-order valence-electron chi connectivity index (χ3n) is 2.14. The van der Waals surface area contributed by atoms with E-state index in [-0.39, 0.29) is 5.82 Å². The Morgan fingerprint density at radius 2 is 2.25 bits per heavy atom. The highest BCUT2D eigenvalue weighted by molar-refractivity contribution is 9.10. The van der Waals surface area contributed by atoms with Gasteiger partial charge in [0.05, 0.1) is 5.69 Å². The van der Waals surface area contributed by atoms with Crippen LogP contribution in [-0.4, -0.2) is 20.2 Å². The summed E-state index contributed by atoms with van der Waals surface area (Å²) in [7, 11) is 0. The molecule has 16 heavy (non-hydrogen) atoms. The van der Waals surface area contributed by atoms with E-state index < -0.39 is 0 Å². The molecule has 0 unspecified atom stereocenters. The molecule has 1 heterocycles. The lowest BCUT2D eigenvalue weighted by molar-refractivity contribution is 0.623. The van der Waals surface area contributed by atoms with Crippen molar-refractivity contribution in [3.8, 4) is 5.69 Å². The lowest BCUT2D eigenvalue weighted by Crippen LogP contribution is -2.04. The number of benzene rings is 1. The van der Waals surface area contributed by atoms with Crippen molar-refractivity contribution in [3.63, 3.8) is 0 Å². The predicted molar refractivity (Wildman–Crippen MR) is 60.8 cm³/mol. The Labute approximate surface area is 101 Å². The number of nitrogens with zero attached hydrogens (tertiary/aromatic N) is 4. The number of aromatic nitrogens is 4. The molecule has 0 amide bonds. The molecule has 0 spiro atoms. The predicted octanol–water partition coefficient (Wildman–Crippen LogP) is 2.52. The first-order valence-electron chi connectivity index (χ1n) is 4.95. The summed E-state index contributed by atoms with van der Waals surface area (Å²) in [6, 6.07) is 4.43. The van der Waals surface area contributed by atoms with Crippen LogP contribution in [0.25, 0.3) is 5.69 Å². The molecule has 4 nitrogen and oxygen atoms in total. The van der Waals surface area contributed by atoms with Crippen LogP contribution in [-0.2, 0) is 6.42 Å². The van der Waals surface area contributed by atoms with Gasteiger partial charge in [0.1, 0.15) is 5.82 Å². The van der Waals surface area contributed by atoms with Gasteiger partial charge in [0.15, 0.2) is 5.82 Å². The van der Waals surface area contributed by atoms with Crippen molar-refractivity contribution in [1.82, 2.24) is 20.2 Å². The standard InChI is InChI=1S/C10H10BrFN4/c1-2-3-10-13-14-15-16(10)9-6-7(12)4-5-8(9)11/h4-6H,2-3H2,1H3. The van der Waals surface area contributed by atoms with Gasteiger partial charge in [-0.05, 0) is 44.9 Å². The van der Waals surface area contributed by atoms with Gasteiger partial charge in [-0.3, -0.25) is 0 Å². The average Bonchev–Trinajstić information content (AvgIpc) is 2.70. The quantitative estimate of drug-likeness (QED) is 0.870. The number of rotatable bonds is 3. The van der Waals surface area contributed by atoms with Gasteiger partial charge in [-0.1, -0.05) is 6.92 Å². The van der Waals surface area contributed by atoms with Crippen LogP contribution in [0.2, 0.25) is 0 Å². The summed E-state index contributed by atoms with van der Waals surface area (Å²) >= 11 is 3.35. The third-order valence-corrected chi connectivity index (χ3v) is 2.81. The van der Waals surface area contributed by atoms with E-state index in [0.29, 0.717) is 5.69 Å². The summed E-state index contributed by atoms with van der Waals surface area (Å²) in [5.41, 5.74) is 0.619. The lowest BCUT2D eigenvalue weighted by Gasteiger charge is -2.05. The first-order chi connectivity index (χ1) is 7.72. The third kappa shape index (κ3) is 2.11. The fraction of sp³-hybridized carbons (Fsp3) is 0.300. The summed E-state index contributed by atoms with van der Waals surface area (Å²) in [6.45, 7) is 2.04. The maximum atomic E-state index is 13.2. The van der Waals surface area contributed by atoms with Gasteiger partial charge in [0.25, 0.3) is 0 Å². The van der Waals surface area contributed by atoms with E-state index in [1.807, 2.05) is 6.92 Å². The van der Waals surface area contributed by atoms with E-state index in [1.165, 1.54) is 12.1 Å². The largest absolute Gasteiger partial charge is 0.207 e. The molecule has 2 aromatic rings. The highest BCUT2D eigenvalue weighted by atomic mass is 79.9. The Bertz CT molecular complexity index is 497. The number of hydrogen-bond acceptors (Lipinski definition) is 3. The molecule has 0 aliphatic heterocycles. The molecule has 0 bridgehead atoms. The van der Waals surface area contributed by atoms with E-state index in [1.54, 1.807) is 10.7 Å². The molecular weight excluding hydrogens is 275 g/mol. The van der Waals surface area contributed by atoms with E-state index in [9.17, 15) is 4.39 Å². The molecule has 0 aliphatic rings. The first kappa shape index (κ1) is 11.2. The van der Waals surface area contributed by atoms with Gasteiger partial charge in [-0.15, -0.1) is 5.10 Å². The minimum Gasteiger partial charge on any atom is -0.207 e. The number of tetrazole rings is 1. The summed E-state index contributed by atoms with van der Waals surface area (Å²) in [5.74, 6) is 0.421. The highest BCUT2D eigenvalue weighted by Crippen LogP contribution is 2.22. The molecule has 0 aliphatic carbocycles. The first-order valence-corrected chi connectivity index (χ1v) is 5.74. The van der Waals surface area contributed by atoms with Gasteiger partial charge in [0, 0.05) is 17.0 Å². The topological polar surface area (TPSA) is 43.6 Å². The Balaban J connectivity index is 2.49. The van der Waals surface area contributed by atoms with Crippen molar-refractivity contribution in [3.05, 3.63) is 34.3 Å². The summed E-state index contributed by atoms with van der Waals surface area (Å²) in [4.78, 5) is 0. The molecule has 0 atom stereocenters. The highest BCUT2D eigenvalue weighted by Gasteiger charge is 2.11. The molecular formula is C10H10BrFN4. The minimum atomic E-state index is -0.309. The summed E-state index contributed by atoms with van der Waals surface area (Å²) in [5, 5.41) is 11.4. The second kappa shape index (κ2) is 4.69. The van der Waals surface area contributed by atoms with Crippen LogP contribution in [0.4, 0.5) is 4.39 Å². The minimum absolute atomic E-state index is 0.309. The number of halogens is 2. The van der Waals surface area contributed by atoms with Crippen molar-refractivity contribution in [2.24, 2.45) is 0 Å². The fourth-order valence-electron chi connectivity index (χ4n) is 1.42. The van der Waals surface area contributed by atoms with Crippen molar-refractivity contribution in [1.29, 1.82) is 0 Å². The lowest BCUT2D eigenvalue weighted by atomic mass is 10.3. The summed E-state index contributed by atoms with van der Waals surface area (Å²) < 4.78 is 15.5. The van der Waals surface area contributed by atoms with Crippen LogP contribution in [0.5, 0.6) is 0 Å². The van der Waals surface area contributed by atoms with E-state index in [2.05, 4.69) is 31.5 Å². The molecule has 6 heteroatoms. The summed E-state index contributed by atoms with van der Waals surface area (Å²) in [6.07, 6.45) is 1.70. The van der Waals surface area contributed by atoms with Crippen molar-refractivity contribution in [2.45, 2.75) is 19.8 Å². The van der Waals surface area contributed by atoms with Crippen LogP contribution >= 0.6 is 15.9 Å². The van der Waals surface area contributed by atoms with E-state index in [4.69, 9.17) is 0 Å². The maximum absolute atomic E-state index is 13.2. The Kier molecular flexibility index (Phi) is 3.28. The van der Waals surface area contributed by atoms with Crippen LogP contribution in [0.3, 0.4) is 0 Å². The molecule has 0 radical (unpaired) electrons. The van der Waals surface area contributed by atoms with Crippen LogP contribution < -0.4 is 0 Å².